The maximum absolute atomic E-state index is 6.58. The molecule has 1 aliphatic carbocycles. The monoisotopic (exact) mass is 231 g/mol. The third-order valence-electron chi connectivity index (χ3n) is 4.40. The number of aryl methyl sites for hydroxylation is 1. The second-order valence-corrected chi connectivity index (χ2v) is 6.63. The van der Waals surface area contributed by atoms with Crippen LogP contribution in [0.1, 0.15) is 50.7 Å². The van der Waals surface area contributed by atoms with Crippen LogP contribution in [-0.4, -0.2) is 5.54 Å². The second-order valence-electron chi connectivity index (χ2n) is 6.63. The van der Waals surface area contributed by atoms with E-state index in [1.807, 2.05) is 0 Å². The van der Waals surface area contributed by atoms with E-state index in [9.17, 15) is 0 Å². The van der Waals surface area contributed by atoms with E-state index >= 15 is 0 Å². The summed E-state index contributed by atoms with van der Waals surface area (Å²) in [6.07, 6.45) is 5.88. The minimum absolute atomic E-state index is 0.0294. The van der Waals surface area contributed by atoms with E-state index in [1.165, 1.54) is 24.0 Å². The van der Waals surface area contributed by atoms with E-state index in [4.69, 9.17) is 5.73 Å². The fourth-order valence-electron chi connectivity index (χ4n) is 2.79. The molecule has 0 amide bonds. The predicted molar refractivity (Wildman–Crippen MR) is 74.1 cm³/mol. The molecule has 0 bridgehead atoms. The van der Waals surface area contributed by atoms with Gasteiger partial charge in [0.25, 0.3) is 0 Å². The molecule has 0 heterocycles. The number of rotatable bonds is 2. The third kappa shape index (κ3) is 3.10. The average Bonchev–Trinajstić information content (AvgIpc) is 2.27. The smallest absolute Gasteiger partial charge is 0.0195 e. The average molecular weight is 231 g/mol. The Balaban J connectivity index is 2.07. The van der Waals surface area contributed by atoms with Crippen LogP contribution in [0.3, 0.4) is 0 Å². The molecule has 94 valence electrons. The van der Waals surface area contributed by atoms with Crippen LogP contribution in [0.5, 0.6) is 0 Å². The standard InChI is InChI=1S/C16H25N/c1-13-6-4-5-7-14(13)12-16(17)10-8-15(2,3)9-11-16/h4-7H,8-12,17H2,1-3H3. The van der Waals surface area contributed by atoms with Crippen molar-refractivity contribution in [1.29, 1.82) is 0 Å². The summed E-state index contributed by atoms with van der Waals surface area (Å²) in [7, 11) is 0. The highest BCUT2D eigenvalue weighted by Gasteiger charge is 2.35. The Morgan fingerprint density at radius 2 is 1.65 bits per heavy atom. The van der Waals surface area contributed by atoms with Crippen LogP contribution in [0, 0.1) is 12.3 Å². The minimum Gasteiger partial charge on any atom is -0.325 e. The maximum atomic E-state index is 6.58. The fourth-order valence-corrected chi connectivity index (χ4v) is 2.79. The molecule has 0 radical (unpaired) electrons. The summed E-state index contributed by atoms with van der Waals surface area (Å²) in [6, 6.07) is 8.64. The SMILES string of the molecule is Cc1ccccc1CC1(N)CCC(C)(C)CC1. The Morgan fingerprint density at radius 3 is 2.24 bits per heavy atom. The Labute approximate surface area is 105 Å². The van der Waals surface area contributed by atoms with Crippen LogP contribution in [0.15, 0.2) is 24.3 Å². The van der Waals surface area contributed by atoms with E-state index in [-0.39, 0.29) is 5.54 Å². The highest BCUT2D eigenvalue weighted by Crippen LogP contribution is 2.40. The molecule has 0 aliphatic heterocycles. The molecule has 1 aromatic rings. The third-order valence-corrected chi connectivity index (χ3v) is 4.40. The molecule has 1 aliphatic rings. The van der Waals surface area contributed by atoms with Crippen molar-refractivity contribution in [2.45, 2.75) is 58.4 Å². The molecule has 1 aromatic carbocycles. The first-order valence-corrected chi connectivity index (χ1v) is 6.74. The summed E-state index contributed by atoms with van der Waals surface area (Å²) in [4.78, 5) is 0. The van der Waals surface area contributed by atoms with Gasteiger partial charge >= 0.3 is 0 Å². The summed E-state index contributed by atoms with van der Waals surface area (Å²) in [5.74, 6) is 0. The first-order chi connectivity index (χ1) is 7.90. The normalized spacial score (nSPS) is 22.4. The van der Waals surface area contributed by atoms with Crippen molar-refractivity contribution >= 4 is 0 Å². The largest absolute Gasteiger partial charge is 0.325 e. The van der Waals surface area contributed by atoms with Gasteiger partial charge in [-0.3, -0.25) is 0 Å². The Morgan fingerprint density at radius 1 is 1.06 bits per heavy atom. The van der Waals surface area contributed by atoms with Crippen LogP contribution in [0.4, 0.5) is 0 Å². The lowest BCUT2D eigenvalue weighted by Crippen LogP contribution is -2.46. The molecule has 2 N–H and O–H groups in total. The molecule has 17 heavy (non-hydrogen) atoms. The van der Waals surface area contributed by atoms with Gasteiger partial charge in [-0.15, -0.1) is 0 Å². The van der Waals surface area contributed by atoms with Crippen molar-refractivity contribution in [3.05, 3.63) is 35.4 Å². The molecule has 0 spiro atoms. The van der Waals surface area contributed by atoms with Crippen molar-refractivity contribution in [1.82, 2.24) is 0 Å². The van der Waals surface area contributed by atoms with Gasteiger partial charge in [-0.1, -0.05) is 38.1 Å². The van der Waals surface area contributed by atoms with E-state index < -0.39 is 0 Å². The lowest BCUT2D eigenvalue weighted by Gasteiger charge is -2.41. The number of nitrogens with two attached hydrogens (primary N) is 1. The van der Waals surface area contributed by atoms with Crippen LogP contribution >= 0.6 is 0 Å². The first kappa shape index (κ1) is 12.6. The van der Waals surface area contributed by atoms with Crippen LogP contribution in [-0.2, 0) is 6.42 Å². The van der Waals surface area contributed by atoms with Gasteiger partial charge in [0.05, 0.1) is 0 Å². The van der Waals surface area contributed by atoms with Gasteiger partial charge in [-0.2, -0.15) is 0 Å². The topological polar surface area (TPSA) is 26.0 Å². The Kier molecular flexibility index (Phi) is 3.31. The van der Waals surface area contributed by atoms with Gasteiger partial charge in [0.1, 0.15) is 0 Å². The summed E-state index contributed by atoms with van der Waals surface area (Å²) < 4.78 is 0. The molecule has 1 saturated carbocycles. The summed E-state index contributed by atoms with van der Waals surface area (Å²) in [5, 5.41) is 0. The van der Waals surface area contributed by atoms with E-state index in [0.717, 1.165) is 19.3 Å². The Hall–Kier alpha value is -0.820. The van der Waals surface area contributed by atoms with Crippen LogP contribution in [0.25, 0.3) is 0 Å². The second kappa shape index (κ2) is 4.45. The van der Waals surface area contributed by atoms with Crippen molar-refractivity contribution in [2.75, 3.05) is 0 Å². The molecule has 1 heteroatoms. The molecule has 0 unspecified atom stereocenters. The zero-order valence-electron chi connectivity index (χ0n) is 11.4. The van der Waals surface area contributed by atoms with Gasteiger partial charge in [0, 0.05) is 5.54 Å². The van der Waals surface area contributed by atoms with Crippen molar-refractivity contribution in [2.24, 2.45) is 11.1 Å². The summed E-state index contributed by atoms with van der Waals surface area (Å²) in [5.41, 5.74) is 9.91. The molecule has 1 nitrogen and oxygen atoms in total. The van der Waals surface area contributed by atoms with Gasteiger partial charge in [0.15, 0.2) is 0 Å². The summed E-state index contributed by atoms with van der Waals surface area (Å²) in [6.45, 7) is 6.91. The predicted octanol–water partition coefficient (Wildman–Crippen LogP) is 3.84. The van der Waals surface area contributed by atoms with Gasteiger partial charge in [-0.05, 0) is 55.6 Å². The molecule has 2 rings (SSSR count). The van der Waals surface area contributed by atoms with Gasteiger partial charge in [0.2, 0.25) is 0 Å². The molecule has 1 fully saturated rings. The highest BCUT2D eigenvalue weighted by atomic mass is 14.7. The lowest BCUT2D eigenvalue weighted by atomic mass is 9.68. The van der Waals surface area contributed by atoms with E-state index in [1.54, 1.807) is 0 Å². The molecule has 0 atom stereocenters. The first-order valence-electron chi connectivity index (χ1n) is 6.74. The number of hydrogen-bond donors (Lipinski definition) is 1. The van der Waals surface area contributed by atoms with Crippen LogP contribution < -0.4 is 5.73 Å². The van der Waals surface area contributed by atoms with Crippen molar-refractivity contribution in [3.8, 4) is 0 Å². The van der Waals surface area contributed by atoms with Gasteiger partial charge in [-0.25, -0.2) is 0 Å². The maximum Gasteiger partial charge on any atom is 0.0195 e. The zero-order valence-corrected chi connectivity index (χ0v) is 11.4. The fraction of sp³-hybridized carbons (Fsp3) is 0.625. The number of hydrogen-bond acceptors (Lipinski definition) is 1. The lowest BCUT2D eigenvalue weighted by molar-refractivity contribution is 0.164. The van der Waals surface area contributed by atoms with Crippen molar-refractivity contribution < 1.29 is 0 Å². The highest BCUT2D eigenvalue weighted by molar-refractivity contribution is 5.27. The molecular weight excluding hydrogens is 206 g/mol. The van der Waals surface area contributed by atoms with Crippen LogP contribution in [0.2, 0.25) is 0 Å². The Bertz CT molecular complexity index is 382. The van der Waals surface area contributed by atoms with Gasteiger partial charge < -0.3 is 5.73 Å². The van der Waals surface area contributed by atoms with E-state index in [2.05, 4.69) is 45.0 Å². The molecule has 0 aromatic heterocycles. The number of benzene rings is 1. The zero-order chi connectivity index (χ0) is 12.5. The summed E-state index contributed by atoms with van der Waals surface area (Å²) >= 11 is 0. The minimum atomic E-state index is 0.0294. The molecule has 0 saturated heterocycles. The van der Waals surface area contributed by atoms with E-state index in [0.29, 0.717) is 5.41 Å². The quantitative estimate of drug-likeness (QED) is 0.822. The molecular formula is C16H25N. The van der Waals surface area contributed by atoms with Crippen molar-refractivity contribution in [3.63, 3.8) is 0 Å².